The number of aliphatic hydroxyl groups excluding tert-OH is 1. The molecule has 2 rings (SSSR count). The van der Waals surface area contributed by atoms with E-state index in [0.717, 1.165) is 37.1 Å². The molecule has 1 saturated carbocycles. The van der Waals surface area contributed by atoms with E-state index in [-0.39, 0.29) is 18.5 Å². The standard InChI is InChI=1S/C13H22N4O2/c1-8-13(14)9(2)17(16-8)7-12(19)15-10-5-3-4-6-11(10)18/h10-11,18H,3-7,14H2,1-2H3,(H,15,19). The monoisotopic (exact) mass is 266 g/mol. The number of aromatic nitrogens is 2. The van der Waals surface area contributed by atoms with Crippen molar-refractivity contribution in [3.05, 3.63) is 11.4 Å². The minimum absolute atomic E-state index is 0.128. The SMILES string of the molecule is Cc1nn(CC(=O)NC2CCCCC2O)c(C)c1N. The van der Waals surface area contributed by atoms with Gasteiger partial charge >= 0.3 is 0 Å². The number of carbonyl (C=O) groups excluding carboxylic acids is 1. The van der Waals surface area contributed by atoms with Gasteiger partial charge in [0, 0.05) is 0 Å². The molecule has 0 bridgehead atoms. The molecule has 0 radical (unpaired) electrons. The van der Waals surface area contributed by atoms with E-state index in [1.54, 1.807) is 4.68 Å². The van der Waals surface area contributed by atoms with Crippen molar-refractivity contribution in [3.63, 3.8) is 0 Å². The largest absolute Gasteiger partial charge is 0.396 e. The van der Waals surface area contributed by atoms with Crippen molar-refractivity contribution in [1.29, 1.82) is 0 Å². The molecule has 0 spiro atoms. The smallest absolute Gasteiger partial charge is 0.242 e. The summed E-state index contributed by atoms with van der Waals surface area (Å²) in [6.45, 7) is 3.81. The summed E-state index contributed by atoms with van der Waals surface area (Å²) in [5.41, 5.74) is 8.00. The Morgan fingerprint density at radius 3 is 2.74 bits per heavy atom. The zero-order valence-corrected chi connectivity index (χ0v) is 11.5. The van der Waals surface area contributed by atoms with Crippen molar-refractivity contribution in [3.8, 4) is 0 Å². The number of aryl methyl sites for hydroxylation is 1. The minimum Gasteiger partial charge on any atom is -0.396 e. The summed E-state index contributed by atoms with van der Waals surface area (Å²) in [4.78, 5) is 12.0. The Morgan fingerprint density at radius 2 is 2.16 bits per heavy atom. The first-order chi connectivity index (χ1) is 8.99. The van der Waals surface area contributed by atoms with E-state index in [9.17, 15) is 9.90 Å². The van der Waals surface area contributed by atoms with Gasteiger partial charge in [-0.2, -0.15) is 5.10 Å². The summed E-state index contributed by atoms with van der Waals surface area (Å²) in [6, 6.07) is -0.129. The van der Waals surface area contributed by atoms with Crippen LogP contribution in [0.2, 0.25) is 0 Å². The Bertz CT molecular complexity index is 469. The van der Waals surface area contributed by atoms with Crippen LogP contribution in [-0.4, -0.2) is 32.9 Å². The molecule has 0 aliphatic heterocycles. The molecule has 4 N–H and O–H groups in total. The molecule has 1 aliphatic rings. The predicted octanol–water partition coefficient (Wildman–Crippen LogP) is 0.502. The van der Waals surface area contributed by atoms with Crippen LogP contribution in [0.3, 0.4) is 0 Å². The number of nitrogens with zero attached hydrogens (tertiary/aromatic N) is 2. The lowest BCUT2D eigenvalue weighted by Gasteiger charge is -2.28. The Morgan fingerprint density at radius 1 is 1.47 bits per heavy atom. The molecule has 106 valence electrons. The molecule has 6 nitrogen and oxygen atoms in total. The van der Waals surface area contributed by atoms with Gasteiger partial charge in [0.05, 0.1) is 29.2 Å². The maximum Gasteiger partial charge on any atom is 0.242 e. The lowest BCUT2D eigenvalue weighted by atomic mass is 9.92. The molecule has 1 aromatic heterocycles. The molecule has 1 aromatic rings. The normalized spacial score (nSPS) is 23.3. The van der Waals surface area contributed by atoms with Gasteiger partial charge in [-0.1, -0.05) is 12.8 Å². The Balaban J connectivity index is 1.95. The Labute approximate surface area is 113 Å². The van der Waals surface area contributed by atoms with E-state index in [2.05, 4.69) is 10.4 Å². The molecule has 19 heavy (non-hydrogen) atoms. The third kappa shape index (κ3) is 3.07. The molecule has 2 unspecified atom stereocenters. The first kappa shape index (κ1) is 13.9. The zero-order chi connectivity index (χ0) is 14.0. The predicted molar refractivity (Wildman–Crippen MR) is 72.5 cm³/mol. The number of aliphatic hydroxyl groups is 1. The van der Waals surface area contributed by atoms with E-state index in [1.807, 2.05) is 13.8 Å². The summed E-state index contributed by atoms with van der Waals surface area (Å²) < 4.78 is 1.61. The first-order valence-corrected chi connectivity index (χ1v) is 6.76. The molecular weight excluding hydrogens is 244 g/mol. The topological polar surface area (TPSA) is 93.2 Å². The van der Waals surface area contributed by atoms with Gasteiger partial charge in [0.25, 0.3) is 0 Å². The highest BCUT2D eigenvalue weighted by molar-refractivity contribution is 5.76. The molecule has 6 heteroatoms. The van der Waals surface area contributed by atoms with Crippen LogP contribution < -0.4 is 11.1 Å². The number of anilines is 1. The van der Waals surface area contributed by atoms with E-state index >= 15 is 0 Å². The second kappa shape index (κ2) is 5.61. The van der Waals surface area contributed by atoms with E-state index in [4.69, 9.17) is 5.73 Å². The number of carbonyl (C=O) groups is 1. The average Bonchev–Trinajstić information content (AvgIpc) is 2.60. The second-order valence-electron chi connectivity index (χ2n) is 5.27. The summed E-state index contributed by atoms with van der Waals surface area (Å²) in [5, 5.41) is 16.9. The van der Waals surface area contributed by atoms with Crippen LogP contribution in [-0.2, 0) is 11.3 Å². The molecule has 1 amide bonds. The van der Waals surface area contributed by atoms with Crippen LogP contribution >= 0.6 is 0 Å². The van der Waals surface area contributed by atoms with Crippen LogP contribution in [0.5, 0.6) is 0 Å². The third-order valence-corrected chi connectivity index (χ3v) is 3.81. The van der Waals surface area contributed by atoms with Crippen LogP contribution in [0.4, 0.5) is 5.69 Å². The second-order valence-corrected chi connectivity index (χ2v) is 5.27. The highest BCUT2D eigenvalue weighted by atomic mass is 16.3. The summed E-state index contributed by atoms with van der Waals surface area (Å²) in [5.74, 6) is -0.128. The van der Waals surface area contributed by atoms with E-state index in [1.165, 1.54) is 0 Å². The summed E-state index contributed by atoms with van der Waals surface area (Å²) in [6.07, 6.45) is 3.25. The van der Waals surface area contributed by atoms with Gasteiger partial charge in [-0.3, -0.25) is 9.48 Å². The molecule has 0 aromatic carbocycles. The van der Waals surface area contributed by atoms with Gasteiger partial charge in [-0.05, 0) is 26.7 Å². The molecule has 1 aliphatic carbocycles. The van der Waals surface area contributed by atoms with Crippen molar-refractivity contribution in [2.24, 2.45) is 0 Å². The van der Waals surface area contributed by atoms with Crippen molar-refractivity contribution in [2.45, 2.75) is 58.2 Å². The Hall–Kier alpha value is -1.56. The number of nitrogens with two attached hydrogens (primary N) is 1. The number of nitrogen functional groups attached to an aromatic ring is 1. The van der Waals surface area contributed by atoms with Gasteiger partial charge in [-0.25, -0.2) is 0 Å². The molecule has 0 saturated heterocycles. The highest BCUT2D eigenvalue weighted by Crippen LogP contribution is 2.18. The quantitative estimate of drug-likeness (QED) is 0.742. The fraction of sp³-hybridized carbons (Fsp3) is 0.692. The van der Waals surface area contributed by atoms with Crippen molar-refractivity contribution in [2.75, 3.05) is 5.73 Å². The van der Waals surface area contributed by atoms with Crippen LogP contribution in [0, 0.1) is 13.8 Å². The van der Waals surface area contributed by atoms with Crippen LogP contribution in [0.25, 0.3) is 0 Å². The van der Waals surface area contributed by atoms with Crippen molar-refractivity contribution >= 4 is 11.6 Å². The first-order valence-electron chi connectivity index (χ1n) is 6.76. The van der Waals surface area contributed by atoms with E-state index in [0.29, 0.717) is 5.69 Å². The van der Waals surface area contributed by atoms with Gasteiger partial charge in [0.2, 0.25) is 5.91 Å². The van der Waals surface area contributed by atoms with Gasteiger partial charge in [-0.15, -0.1) is 0 Å². The average molecular weight is 266 g/mol. The third-order valence-electron chi connectivity index (χ3n) is 3.81. The number of nitrogens with one attached hydrogen (secondary N) is 1. The fourth-order valence-electron chi connectivity index (χ4n) is 2.53. The molecule has 1 heterocycles. The fourth-order valence-corrected chi connectivity index (χ4v) is 2.53. The van der Waals surface area contributed by atoms with Gasteiger partial charge in [0.1, 0.15) is 6.54 Å². The summed E-state index contributed by atoms with van der Waals surface area (Å²) >= 11 is 0. The molecular formula is C13H22N4O2. The number of hydrogen-bond donors (Lipinski definition) is 3. The van der Waals surface area contributed by atoms with E-state index < -0.39 is 6.10 Å². The molecule has 2 atom stereocenters. The number of hydrogen-bond acceptors (Lipinski definition) is 4. The summed E-state index contributed by atoms with van der Waals surface area (Å²) in [7, 11) is 0. The van der Waals surface area contributed by atoms with Crippen LogP contribution in [0.15, 0.2) is 0 Å². The Kier molecular flexibility index (Phi) is 4.09. The number of rotatable bonds is 3. The lowest BCUT2D eigenvalue weighted by molar-refractivity contribution is -0.123. The minimum atomic E-state index is -0.428. The highest BCUT2D eigenvalue weighted by Gasteiger charge is 2.24. The van der Waals surface area contributed by atoms with Crippen molar-refractivity contribution < 1.29 is 9.90 Å². The zero-order valence-electron chi connectivity index (χ0n) is 11.5. The van der Waals surface area contributed by atoms with Gasteiger partial charge < -0.3 is 16.2 Å². The maximum absolute atomic E-state index is 12.0. The number of amides is 1. The van der Waals surface area contributed by atoms with Gasteiger partial charge in [0.15, 0.2) is 0 Å². The lowest BCUT2D eigenvalue weighted by Crippen LogP contribution is -2.46. The molecule has 1 fully saturated rings. The van der Waals surface area contributed by atoms with Crippen LogP contribution in [0.1, 0.15) is 37.1 Å². The maximum atomic E-state index is 12.0. The van der Waals surface area contributed by atoms with Crippen molar-refractivity contribution in [1.82, 2.24) is 15.1 Å².